The van der Waals surface area contributed by atoms with Gasteiger partial charge in [0.05, 0.1) is 20.0 Å². The lowest BCUT2D eigenvalue weighted by Gasteiger charge is -2.19. The van der Waals surface area contributed by atoms with Gasteiger partial charge in [0.25, 0.3) is 5.56 Å². The van der Waals surface area contributed by atoms with Gasteiger partial charge in [0.15, 0.2) is 5.69 Å². The van der Waals surface area contributed by atoms with Crippen LogP contribution in [-0.4, -0.2) is 59.6 Å². The Morgan fingerprint density at radius 1 is 1.11 bits per heavy atom. The Bertz CT molecular complexity index is 1320. The van der Waals surface area contributed by atoms with Crippen LogP contribution in [0, 0.1) is 6.92 Å². The minimum Gasteiger partial charge on any atom is -0.494 e. The van der Waals surface area contributed by atoms with Gasteiger partial charge in [-0.05, 0) is 31.5 Å². The fourth-order valence-corrected chi connectivity index (χ4v) is 4.24. The highest BCUT2D eigenvalue weighted by molar-refractivity contribution is 7.92. The predicted molar refractivity (Wildman–Crippen MR) is 128 cm³/mol. The first-order valence-electron chi connectivity index (χ1n) is 10.6. The predicted octanol–water partition coefficient (Wildman–Crippen LogP) is 1.57. The normalized spacial score (nSPS) is 11.3. The second-order valence-corrected chi connectivity index (χ2v) is 9.20. The first kappa shape index (κ1) is 25.9. The van der Waals surface area contributed by atoms with Crippen molar-refractivity contribution in [2.24, 2.45) is 0 Å². The molecule has 0 bridgehead atoms. The summed E-state index contributed by atoms with van der Waals surface area (Å²) in [6.07, 6.45) is 3.16. The van der Waals surface area contributed by atoms with E-state index in [4.69, 9.17) is 14.2 Å². The van der Waals surface area contributed by atoms with Crippen molar-refractivity contribution in [3.05, 3.63) is 58.2 Å². The van der Waals surface area contributed by atoms with Crippen LogP contribution >= 0.6 is 0 Å². The third-order valence-electron chi connectivity index (χ3n) is 4.88. The molecule has 0 aliphatic carbocycles. The van der Waals surface area contributed by atoms with Crippen LogP contribution in [0.3, 0.4) is 0 Å². The number of para-hydroxylation sites is 1. The average molecular weight is 506 g/mol. The fourth-order valence-electron chi connectivity index (χ4n) is 3.20. The van der Waals surface area contributed by atoms with Crippen LogP contribution in [0.4, 0.5) is 5.69 Å². The lowest BCUT2D eigenvalue weighted by Crippen LogP contribution is -2.30. The molecule has 0 saturated carbocycles. The Labute approximate surface area is 202 Å². The molecule has 2 N–H and O–H groups in total. The first-order valence-corrected chi connectivity index (χ1v) is 12.3. The molecule has 35 heavy (non-hydrogen) atoms. The van der Waals surface area contributed by atoms with E-state index in [-0.39, 0.29) is 36.0 Å². The van der Waals surface area contributed by atoms with Gasteiger partial charge >= 0.3 is 0 Å². The summed E-state index contributed by atoms with van der Waals surface area (Å²) < 4.78 is 45.0. The molecule has 0 aliphatic rings. The van der Waals surface area contributed by atoms with Gasteiger partial charge < -0.3 is 19.3 Å². The molecule has 2 heterocycles. The van der Waals surface area contributed by atoms with Crippen molar-refractivity contribution < 1.29 is 27.7 Å². The van der Waals surface area contributed by atoms with Crippen molar-refractivity contribution in [1.82, 2.24) is 19.5 Å². The third-order valence-corrected chi connectivity index (χ3v) is 6.14. The summed E-state index contributed by atoms with van der Waals surface area (Å²) in [5.74, 6) is -0.332. The minimum atomic E-state index is -4.09. The van der Waals surface area contributed by atoms with E-state index in [1.807, 2.05) is 6.92 Å². The molecule has 12 nitrogen and oxygen atoms in total. The standard InChI is InChI=1S/C22H27N5O7S/c1-5-34-13-18-25-21(28)19(26-35(30,31)10-9-17-23-11-14(2)12-24-17)22(29)27(18)20-15(32-3)7-6-8-16(20)33-4/h6-8,11-12,26,28H,5,9-10,13H2,1-4H3. The number of aryl methyl sites for hydroxylation is 2. The first-order chi connectivity index (χ1) is 16.7. The maximum atomic E-state index is 13.5. The fraction of sp³-hybridized carbons (Fsp3) is 0.364. The van der Waals surface area contributed by atoms with Gasteiger partial charge in [0.1, 0.15) is 35.4 Å². The highest BCUT2D eigenvalue weighted by Gasteiger charge is 2.25. The zero-order chi connectivity index (χ0) is 25.6. The maximum Gasteiger partial charge on any atom is 0.286 e. The Balaban J connectivity index is 2.07. The lowest BCUT2D eigenvalue weighted by molar-refractivity contribution is 0.125. The molecular weight excluding hydrogens is 478 g/mol. The molecule has 0 spiro atoms. The van der Waals surface area contributed by atoms with E-state index in [1.165, 1.54) is 14.2 Å². The van der Waals surface area contributed by atoms with Crippen molar-refractivity contribution in [1.29, 1.82) is 0 Å². The Hall–Kier alpha value is -3.71. The van der Waals surface area contributed by atoms with Gasteiger partial charge in [-0.1, -0.05) is 6.07 Å². The van der Waals surface area contributed by atoms with Crippen LogP contribution in [0.5, 0.6) is 17.4 Å². The van der Waals surface area contributed by atoms with E-state index < -0.39 is 32.9 Å². The molecule has 0 radical (unpaired) electrons. The molecule has 0 unspecified atom stereocenters. The maximum absolute atomic E-state index is 13.5. The van der Waals surface area contributed by atoms with Gasteiger partial charge in [0, 0.05) is 25.4 Å². The van der Waals surface area contributed by atoms with Crippen molar-refractivity contribution in [3.8, 4) is 23.1 Å². The van der Waals surface area contributed by atoms with Crippen LogP contribution < -0.4 is 19.8 Å². The highest BCUT2D eigenvalue weighted by Crippen LogP contribution is 2.33. The summed E-state index contributed by atoms with van der Waals surface area (Å²) in [5.41, 5.74) is -0.489. The van der Waals surface area contributed by atoms with Crippen LogP contribution in [0.25, 0.3) is 5.69 Å². The van der Waals surface area contributed by atoms with Crippen LogP contribution in [0.1, 0.15) is 24.1 Å². The summed E-state index contributed by atoms with van der Waals surface area (Å²) in [6, 6.07) is 4.87. The Morgan fingerprint density at radius 2 is 1.74 bits per heavy atom. The number of sulfonamides is 1. The summed E-state index contributed by atoms with van der Waals surface area (Å²) in [5, 5.41) is 10.5. The molecule has 1 aromatic carbocycles. The van der Waals surface area contributed by atoms with Crippen molar-refractivity contribution in [3.63, 3.8) is 0 Å². The minimum absolute atomic E-state index is 0.000743. The molecule has 0 saturated heterocycles. The van der Waals surface area contributed by atoms with E-state index in [9.17, 15) is 18.3 Å². The van der Waals surface area contributed by atoms with E-state index in [2.05, 4.69) is 19.7 Å². The number of nitrogens with zero attached hydrogens (tertiary/aromatic N) is 4. The number of hydrogen-bond acceptors (Lipinski definition) is 10. The molecule has 3 aromatic rings. The smallest absolute Gasteiger partial charge is 0.286 e. The third kappa shape index (κ3) is 6.05. The highest BCUT2D eigenvalue weighted by atomic mass is 32.2. The number of methoxy groups -OCH3 is 2. The van der Waals surface area contributed by atoms with E-state index >= 15 is 0 Å². The number of benzene rings is 1. The van der Waals surface area contributed by atoms with Crippen LogP contribution in [-0.2, 0) is 27.8 Å². The van der Waals surface area contributed by atoms with Crippen molar-refractivity contribution in [2.45, 2.75) is 26.9 Å². The zero-order valence-corrected chi connectivity index (χ0v) is 20.6. The van der Waals surface area contributed by atoms with E-state index in [1.54, 1.807) is 37.5 Å². The van der Waals surface area contributed by atoms with Gasteiger partial charge in [-0.25, -0.2) is 18.4 Å². The lowest BCUT2D eigenvalue weighted by atomic mass is 10.2. The Kier molecular flexibility index (Phi) is 8.25. The molecular formula is C22H27N5O7S. The van der Waals surface area contributed by atoms with Gasteiger partial charge in [0.2, 0.25) is 15.9 Å². The van der Waals surface area contributed by atoms with Crippen molar-refractivity contribution >= 4 is 15.7 Å². The van der Waals surface area contributed by atoms with Gasteiger partial charge in [-0.3, -0.25) is 14.1 Å². The molecule has 13 heteroatoms. The topological polar surface area (TPSA) is 155 Å². The molecule has 188 valence electrons. The summed E-state index contributed by atoms with van der Waals surface area (Å²) >= 11 is 0. The number of ether oxygens (including phenoxy) is 3. The zero-order valence-electron chi connectivity index (χ0n) is 19.8. The molecule has 0 atom stereocenters. The van der Waals surface area contributed by atoms with E-state index in [0.29, 0.717) is 12.4 Å². The molecule has 0 amide bonds. The number of aromatic hydroxyl groups is 1. The number of nitrogens with one attached hydrogen (secondary N) is 1. The summed E-state index contributed by atoms with van der Waals surface area (Å²) in [4.78, 5) is 25.8. The second-order valence-electron chi connectivity index (χ2n) is 7.36. The Morgan fingerprint density at radius 3 is 2.31 bits per heavy atom. The molecule has 3 rings (SSSR count). The SMILES string of the molecule is CCOCc1nc(O)c(NS(=O)(=O)CCc2ncc(C)cn2)c(=O)n1-c1c(OC)cccc1OC. The number of rotatable bonds is 11. The number of aromatic nitrogens is 4. The van der Waals surface area contributed by atoms with Gasteiger partial charge in [-0.2, -0.15) is 4.98 Å². The summed E-state index contributed by atoms with van der Waals surface area (Å²) in [7, 11) is -1.26. The monoisotopic (exact) mass is 505 g/mol. The molecule has 0 aliphatic heterocycles. The molecule has 2 aromatic heterocycles. The largest absolute Gasteiger partial charge is 0.494 e. The second kappa shape index (κ2) is 11.1. The van der Waals surface area contributed by atoms with Crippen LogP contribution in [0.2, 0.25) is 0 Å². The van der Waals surface area contributed by atoms with Crippen molar-refractivity contribution in [2.75, 3.05) is 31.3 Å². The quantitative estimate of drug-likeness (QED) is 0.392. The number of hydrogen-bond donors (Lipinski definition) is 2. The summed E-state index contributed by atoms with van der Waals surface area (Å²) in [6.45, 7) is 3.74. The number of anilines is 1. The van der Waals surface area contributed by atoms with E-state index in [0.717, 1.165) is 10.1 Å². The molecule has 0 fully saturated rings. The average Bonchev–Trinajstić information content (AvgIpc) is 2.84. The van der Waals surface area contributed by atoms with Gasteiger partial charge in [-0.15, -0.1) is 0 Å². The van der Waals surface area contributed by atoms with Crippen LogP contribution in [0.15, 0.2) is 35.4 Å².